The van der Waals surface area contributed by atoms with Gasteiger partial charge >= 0.3 is 0 Å². The lowest BCUT2D eigenvalue weighted by Gasteiger charge is -2.10. The summed E-state index contributed by atoms with van der Waals surface area (Å²) in [5.74, 6) is 0. The van der Waals surface area contributed by atoms with Crippen LogP contribution in [-0.4, -0.2) is 15.0 Å². The van der Waals surface area contributed by atoms with Gasteiger partial charge in [0.15, 0.2) is 0 Å². The van der Waals surface area contributed by atoms with Crippen LogP contribution in [0.25, 0.3) is 21.5 Å². The Hall–Kier alpha value is -1.91. The van der Waals surface area contributed by atoms with Gasteiger partial charge in [-0.1, -0.05) is 87.6 Å². The molecule has 0 amide bonds. The SMILES string of the molecule is CCCCCCCCOS(=O)(=O)c1cccc2c1ccc1ccccc12. The molecule has 3 rings (SSSR count). The molecule has 3 nitrogen and oxygen atoms in total. The third-order valence-electron chi connectivity index (χ3n) is 4.75. The van der Waals surface area contributed by atoms with E-state index in [-0.39, 0.29) is 11.5 Å². The fourth-order valence-corrected chi connectivity index (χ4v) is 4.50. The highest BCUT2D eigenvalue weighted by Gasteiger charge is 2.18. The smallest absolute Gasteiger partial charge is 0.266 e. The lowest BCUT2D eigenvalue weighted by Crippen LogP contribution is -2.08. The van der Waals surface area contributed by atoms with Crippen molar-refractivity contribution < 1.29 is 12.6 Å². The molecule has 0 radical (unpaired) electrons. The van der Waals surface area contributed by atoms with Crippen molar-refractivity contribution in [1.29, 1.82) is 0 Å². The van der Waals surface area contributed by atoms with Crippen LogP contribution >= 0.6 is 0 Å². The minimum absolute atomic E-state index is 0.248. The maximum atomic E-state index is 12.7. The molecule has 0 aromatic heterocycles. The standard InChI is InChI=1S/C22H26O3S/c1-2-3-4-5-6-9-17-25-26(23,24)22-14-10-13-20-19-12-8-7-11-18(19)15-16-21(20)22/h7-8,10-16H,2-6,9,17H2,1H3. The summed E-state index contributed by atoms with van der Waals surface area (Å²) in [6, 6.07) is 17.2. The van der Waals surface area contributed by atoms with Crippen LogP contribution in [0, 0.1) is 0 Å². The van der Waals surface area contributed by atoms with E-state index in [0.717, 1.165) is 35.4 Å². The first-order chi connectivity index (χ1) is 12.6. The highest BCUT2D eigenvalue weighted by atomic mass is 32.2. The van der Waals surface area contributed by atoms with Crippen LogP contribution < -0.4 is 0 Å². The van der Waals surface area contributed by atoms with Gasteiger partial charge in [-0.3, -0.25) is 4.18 Å². The number of unbranched alkanes of at least 4 members (excludes halogenated alkanes) is 5. The fraction of sp³-hybridized carbons (Fsp3) is 0.364. The van der Waals surface area contributed by atoms with Crippen LogP contribution in [0.4, 0.5) is 0 Å². The van der Waals surface area contributed by atoms with Crippen LogP contribution in [0.3, 0.4) is 0 Å². The van der Waals surface area contributed by atoms with Crippen molar-refractivity contribution in [2.24, 2.45) is 0 Å². The summed E-state index contributed by atoms with van der Waals surface area (Å²) in [5, 5.41) is 3.81. The molecule has 3 aromatic carbocycles. The van der Waals surface area contributed by atoms with Crippen molar-refractivity contribution in [3.63, 3.8) is 0 Å². The lowest BCUT2D eigenvalue weighted by molar-refractivity contribution is 0.306. The Bertz CT molecular complexity index is 977. The molecule has 0 saturated heterocycles. The molecular weight excluding hydrogens is 344 g/mol. The minimum Gasteiger partial charge on any atom is -0.266 e. The van der Waals surface area contributed by atoms with Crippen molar-refractivity contribution in [2.75, 3.05) is 6.61 Å². The number of hydrogen-bond acceptors (Lipinski definition) is 3. The molecule has 0 aliphatic carbocycles. The van der Waals surface area contributed by atoms with Crippen LogP contribution in [-0.2, 0) is 14.3 Å². The normalized spacial score (nSPS) is 12.0. The summed E-state index contributed by atoms with van der Waals surface area (Å²) >= 11 is 0. The van der Waals surface area contributed by atoms with Crippen molar-refractivity contribution in [1.82, 2.24) is 0 Å². The Morgan fingerprint density at radius 1 is 0.731 bits per heavy atom. The van der Waals surface area contributed by atoms with Crippen molar-refractivity contribution >= 4 is 31.7 Å². The van der Waals surface area contributed by atoms with E-state index in [4.69, 9.17) is 4.18 Å². The van der Waals surface area contributed by atoms with Crippen molar-refractivity contribution in [2.45, 2.75) is 50.3 Å². The number of hydrogen-bond donors (Lipinski definition) is 0. The van der Waals surface area contributed by atoms with Gasteiger partial charge in [0.2, 0.25) is 0 Å². The predicted octanol–water partition coefficient (Wildman–Crippen LogP) is 6.06. The Kier molecular flexibility index (Phi) is 6.28. The Balaban J connectivity index is 1.77. The van der Waals surface area contributed by atoms with Crippen LogP contribution in [0.2, 0.25) is 0 Å². The van der Waals surface area contributed by atoms with Gasteiger partial charge in [-0.05, 0) is 28.6 Å². The summed E-state index contributed by atoms with van der Waals surface area (Å²) in [6.45, 7) is 2.43. The summed E-state index contributed by atoms with van der Waals surface area (Å²) in [4.78, 5) is 0.256. The second-order valence-corrected chi connectivity index (χ2v) is 8.27. The third kappa shape index (κ3) is 4.25. The Morgan fingerprint density at radius 3 is 2.31 bits per heavy atom. The Morgan fingerprint density at radius 2 is 1.46 bits per heavy atom. The fourth-order valence-electron chi connectivity index (χ4n) is 3.34. The molecule has 0 aliphatic rings. The maximum Gasteiger partial charge on any atom is 0.297 e. The minimum atomic E-state index is -3.75. The summed E-state index contributed by atoms with van der Waals surface area (Å²) in [7, 11) is -3.75. The molecule has 0 atom stereocenters. The first kappa shape index (κ1) is 18.9. The molecule has 0 fully saturated rings. The number of benzene rings is 3. The van der Waals surface area contributed by atoms with Gasteiger partial charge < -0.3 is 0 Å². The van der Waals surface area contributed by atoms with Crippen LogP contribution in [0.15, 0.2) is 59.5 Å². The predicted molar refractivity (Wildman–Crippen MR) is 108 cm³/mol. The van der Waals surface area contributed by atoms with Crippen molar-refractivity contribution in [3.05, 3.63) is 54.6 Å². The van der Waals surface area contributed by atoms with Crippen LogP contribution in [0.1, 0.15) is 45.4 Å². The molecule has 3 aromatic rings. The van der Waals surface area contributed by atoms with Gasteiger partial charge in [-0.25, -0.2) is 0 Å². The molecule has 0 spiro atoms. The van der Waals surface area contributed by atoms with E-state index in [0.29, 0.717) is 5.39 Å². The molecule has 0 saturated carbocycles. The number of fused-ring (bicyclic) bond motifs is 3. The highest BCUT2D eigenvalue weighted by Crippen LogP contribution is 2.30. The molecule has 0 N–H and O–H groups in total. The zero-order chi connectivity index (χ0) is 18.4. The van der Waals surface area contributed by atoms with E-state index < -0.39 is 10.1 Å². The largest absolute Gasteiger partial charge is 0.297 e. The molecule has 4 heteroatoms. The third-order valence-corrected chi connectivity index (χ3v) is 6.12. The topological polar surface area (TPSA) is 43.4 Å². The first-order valence-electron chi connectivity index (χ1n) is 9.43. The maximum absolute atomic E-state index is 12.7. The van der Waals surface area contributed by atoms with Crippen LogP contribution in [0.5, 0.6) is 0 Å². The summed E-state index contributed by atoms with van der Waals surface area (Å²) < 4.78 is 30.7. The van der Waals surface area contributed by atoms with E-state index in [2.05, 4.69) is 6.92 Å². The van der Waals surface area contributed by atoms with E-state index in [1.807, 2.05) is 42.5 Å². The molecule has 0 unspecified atom stereocenters. The first-order valence-corrected chi connectivity index (χ1v) is 10.8. The van der Waals surface area contributed by atoms with Gasteiger partial charge in [0.25, 0.3) is 10.1 Å². The lowest BCUT2D eigenvalue weighted by atomic mass is 10.0. The molecular formula is C22H26O3S. The Labute approximate surface area is 156 Å². The average Bonchev–Trinajstić information content (AvgIpc) is 2.66. The second kappa shape index (κ2) is 8.65. The average molecular weight is 371 g/mol. The van der Waals surface area contributed by atoms with Gasteiger partial charge in [0.1, 0.15) is 4.90 Å². The van der Waals surface area contributed by atoms with Gasteiger partial charge in [0.05, 0.1) is 6.61 Å². The molecule has 0 bridgehead atoms. The van der Waals surface area contributed by atoms with E-state index >= 15 is 0 Å². The van der Waals surface area contributed by atoms with Gasteiger partial charge in [-0.15, -0.1) is 0 Å². The summed E-state index contributed by atoms with van der Waals surface area (Å²) in [6.07, 6.45) is 6.58. The zero-order valence-corrected chi connectivity index (χ0v) is 16.1. The zero-order valence-electron chi connectivity index (χ0n) is 15.3. The second-order valence-electron chi connectivity index (χ2n) is 6.68. The molecule has 26 heavy (non-hydrogen) atoms. The highest BCUT2D eigenvalue weighted by molar-refractivity contribution is 7.87. The number of rotatable bonds is 9. The van der Waals surface area contributed by atoms with Gasteiger partial charge in [0, 0.05) is 5.39 Å². The summed E-state index contributed by atoms with van der Waals surface area (Å²) in [5.41, 5.74) is 0. The molecule has 138 valence electrons. The quantitative estimate of drug-likeness (QED) is 0.261. The monoisotopic (exact) mass is 370 g/mol. The van der Waals surface area contributed by atoms with E-state index in [1.54, 1.807) is 12.1 Å². The molecule has 0 aliphatic heterocycles. The van der Waals surface area contributed by atoms with Gasteiger partial charge in [-0.2, -0.15) is 8.42 Å². The van der Waals surface area contributed by atoms with Crippen molar-refractivity contribution in [3.8, 4) is 0 Å². The molecule has 0 heterocycles. The van der Waals surface area contributed by atoms with E-state index in [9.17, 15) is 8.42 Å². The van der Waals surface area contributed by atoms with E-state index in [1.165, 1.54) is 19.3 Å².